The van der Waals surface area contributed by atoms with Crippen molar-refractivity contribution in [2.75, 3.05) is 4.90 Å². The van der Waals surface area contributed by atoms with Crippen LogP contribution in [0, 0.1) is 0 Å². The highest BCUT2D eigenvalue weighted by molar-refractivity contribution is 6.21. The molecule has 0 radical (unpaired) electrons. The molecule has 2 nitrogen and oxygen atoms in total. The summed E-state index contributed by atoms with van der Waals surface area (Å²) in [5.74, 6) is 0. The summed E-state index contributed by atoms with van der Waals surface area (Å²) in [4.78, 5) is 2.40. The van der Waals surface area contributed by atoms with Crippen LogP contribution in [0.1, 0.15) is 12.5 Å². The second-order valence-corrected chi connectivity index (χ2v) is 18.0. The minimum Gasteiger partial charge on any atom is -0.333 e. The van der Waals surface area contributed by atoms with E-state index in [1.165, 1.54) is 98.6 Å². The molecule has 1 aliphatic rings. The Morgan fingerprint density at radius 1 is 0.353 bits per heavy atom. The SMILES string of the molecule is C1=CCC(n2c3cccc(-c4cccc(N(c5ccc(-c6ccc(-c7ccccc7)cc6)cc5)c5ccc(-c6ccc7c(ccc8ccccc87)c6)cc5)c4)c3c3ccc4ccccc4c32)C=C1. The van der Waals surface area contributed by atoms with Gasteiger partial charge in [-0.05, 0) is 126 Å². The number of benzene rings is 11. The molecule has 0 bridgehead atoms. The summed E-state index contributed by atoms with van der Waals surface area (Å²) >= 11 is 0. The Morgan fingerprint density at radius 3 is 1.62 bits per heavy atom. The molecule has 12 aromatic rings. The van der Waals surface area contributed by atoms with Crippen LogP contribution in [0.25, 0.3) is 98.6 Å². The van der Waals surface area contributed by atoms with Crippen LogP contribution in [0.15, 0.2) is 261 Å². The summed E-state index contributed by atoms with van der Waals surface area (Å²) in [5, 5.41) is 10.2. The van der Waals surface area contributed by atoms with Crippen molar-refractivity contribution < 1.29 is 0 Å². The molecule has 320 valence electrons. The minimum atomic E-state index is 0.227. The van der Waals surface area contributed by atoms with E-state index in [1.54, 1.807) is 0 Å². The van der Waals surface area contributed by atoms with Crippen LogP contribution in [-0.4, -0.2) is 4.57 Å². The third kappa shape index (κ3) is 6.89. The summed E-state index contributed by atoms with van der Waals surface area (Å²) in [6.07, 6.45) is 9.97. The van der Waals surface area contributed by atoms with Gasteiger partial charge >= 0.3 is 0 Å². The number of fused-ring (bicyclic) bond motifs is 8. The van der Waals surface area contributed by atoms with Gasteiger partial charge in [0, 0.05) is 33.2 Å². The Bertz CT molecular complexity index is 3910. The fraction of sp³-hybridized carbons (Fsp3) is 0.0303. The quantitative estimate of drug-likeness (QED) is 0.138. The van der Waals surface area contributed by atoms with Gasteiger partial charge in [-0.15, -0.1) is 0 Å². The topological polar surface area (TPSA) is 8.17 Å². The second kappa shape index (κ2) is 16.6. The summed E-state index contributed by atoms with van der Waals surface area (Å²) in [7, 11) is 0. The largest absolute Gasteiger partial charge is 0.333 e. The third-order valence-corrected chi connectivity index (χ3v) is 14.1. The van der Waals surface area contributed by atoms with Crippen LogP contribution in [0.3, 0.4) is 0 Å². The lowest BCUT2D eigenvalue weighted by atomic mass is 9.97. The zero-order valence-corrected chi connectivity index (χ0v) is 37.5. The highest BCUT2D eigenvalue weighted by Gasteiger charge is 2.22. The van der Waals surface area contributed by atoms with Crippen LogP contribution in [0.5, 0.6) is 0 Å². The van der Waals surface area contributed by atoms with E-state index in [4.69, 9.17) is 0 Å². The van der Waals surface area contributed by atoms with Gasteiger partial charge in [0.2, 0.25) is 0 Å². The monoisotopic (exact) mass is 866 g/mol. The highest BCUT2D eigenvalue weighted by Crippen LogP contribution is 2.45. The Labute approximate surface area is 396 Å². The van der Waals surface area contributed by atoms with Crippen LogP contribution in [0.4, 0.5) is 17.1 Å². The predicted octanol–water partition coefficient (Wildman–Crippen LogP) is 18.4. The first-order valence-corrected chi connectivity index (χ1v) is 23.7. The zero-order valence-electron chi connectivity index (χ0n) is 37.5. The maximum atomic E-state index is 2.59. The van der Waals surface area contributed by atoms with Crippen molar-refractivity contribution in [1.29, 1.82) is 0 Å². The molecule has 68 heavy (non-hydrogen) atoms. The van der Waals surface area contributed by atoms with Gasteiger partial charge in [0.05, 0.1) is 17.1 Å². The Balaban J connectivity index is 0.925. The Kier molecular flexibility index (Phi) is 9.68. The van der Waals surface area contributed by atoms with Crippen LogP contribution < -0.4 is 4.90 Å². The number of aromatic nitrogens is 1. The van der Waals surface area contributed by atoms with E-state index in [0.29, 0.717) is 0 Å². The normalized spacial score (nSPS) is 13.6. The van der Waals surface area contributed by atoms with Crippen LogP contribution >= 0.6 is 0 Å². The van der Waals surface area contributed by atoms with Gasteiger partial charge in [0.15, 0.2) is 0 Å². The smallest absolute Gasteiger partial charge is 0.0576 e. The Morgan fingerprint density at radius 2 is 0.897 bits per heavy atom. The van der Waals surface area contributed by atoms with Gasteiger partial charge in [-0.3, -0.25) is 0 Å². The molecular weight excluding hydrogens is 821 g/mol. The van der Waals surface area contributed by atoms with Gasteiger partial charge < -0.3 is 9.47 Å². The van der Waals surface area contributed by atoms with Gasteiger partial charge in [-0.2, -0.15) is 0 Å². The molecule has 0 saturated heterocycles. The lowest BCUT2D eigenvalue weighted by Crippen LogP contribution is -2.10. The van der Waals surface area contributed by atoms with Gasteiger partial charge in [0.1, 0.15) is 0 Å². The standard InChI is InChI=1S/C66H46N2/c1-3-13-45(14-4-1)46-25-27-47(28-26-46)48-31-37-56(38-32-48)67(57-39-33-49(34-40-57)52-36-41-60-54(43-52)30-29-50-15-7-9-21-59(50)60)58-20-11-17-53(44-58)61-23-12-24-64-65(61)63-42-35-51-16-8-10-22-62(51)66(63)68(64)55-18-5-2-6-19-55/h1-18,20-44,55H,19H2. The van der Waals surface area contributed by atoms with E-state index in [-0.39, 0.29) is 6.04 Å². The van der Waals surface area contributed by atoms with Gasteiger partial charge in [-0.25, -0.2) is 0 Å². The molecule has 2 heteroatoms. The first-order valence-electron chi connectivity index (χ1n) is 23.7. The summed E-state index contributed by atoms with van der Waals surface area (Å²) < 4.78 is 2.59. The molecule has 0 fully saturated rings. The third-order valence-electron chi connectivity index (χ3n) is 14.1. The Hall–Kier alpha value is -8.72. The molecule has 1 aliphatic carbocycles. The minimum absolute atomic E-state index is 0.227. The van der Waals surface area contributed by atoms with Crippen molar-refractivity contribution >= 4 is 71.2 Å². The van der Waals surface area contributed by atoms with E-state index in [2.05, 4.69) is 270 Å². The van der Waals surface area contributed by atoms with Gasteiger partial charge in [-0.1, -0.05) is 212 Å². The fourth-order valence-electron chi connectivity index (χ4n) is 10.7. The molecule has 0 spiro atoms. The fourth-order valence-corrected chi connectivity index (χ4v) is 10.7. The molecule has 1 unspecified atom stereocenters. The predicted molar refractivity (Wildman–Crippen MR) is 290 cm³/mol. The maximum Gasteiger partial charge on any atom is 0.0576 e. The number of hydrogen-bond acceptors (Lipinski definition) is 1. The number of rotatable bonds is 8. The van der Waals surface area contributed by atoms with Crippen LogP contribution in [0.2, 0.25) is 0 Å². The average molecular weight is 867 g/mol. The summed E-state index contributed by atoms with van der Waals surface area (Å²) in [5.41, 5.74) is 15.4. The van der Waals surface area contributed by atoms with E-state index in [9.17, 15) is 0 Å². The molecule has 0 N–H and O–H groups in total. The molecular formula is C66H46N2. The summed E-state index contributed by atoms with van der Waals surface area (Å²) in [6.45, 7) is 0. The van der Waals surface area contributed by atoms with Crippen molar-refractivity contribution in [3.63, 3.8) is 0 Å². The average Bonchev–Trinajstić information content (AvgIpc) is 3.77. The second-order valence-electron chi connectivity index (χ2n) is 18.0. The summed E-state index contributed by atoms with van der Waals surface area (Å²) in [6, 6.07) is 87.2. The van der Waals surface area contributed by atoms with Crippen LogP contribution in [-0.2, 0) is 0 Å². The number of anilines is 3. The first kappa shape index (κ1) is 39.6. The lowest BCUT2D eigenvalue weighted by Gasteiger charge is -2.26. The molecule has 13 rings (SSSR count). The number of hydrogen-bond donors (Lipinski definition) is 0. The van der Waals surface area contributed by atoms with Crippen molar-refractivity contribution in [2.45, 2.75) is 12.5 Å². The molecule has 1 atom stereocenters. The molecule has 1 aromatic heterocycles. The highest BCUT2D eigenvalue weighted by atomic mass is 15.1. The maximum absolute atomic E-state index is 2.59. The van der Waals surface area contributed by atoms with Crippen molar-refractivity contribution in [3.05, 3.63) is 261 Å². The van der Waals surface area contributed by atoms with E-state index >= 15 is 0 Å². The number of nitrogens with zero attached hydrogens (tertiary/aromatic N) is 2. The van der Waals surface area contributed by atoms with E-state index in [1.807, 2.05) is 0 Å². The molecule has 1 heterocycles. The van der Waals surface area contributed by atoms with Gasteiger partial charge in [0.25, 0.3) is 0 Å². The molecule has 11 aromatic carbocycles. The van der Waals surface area contributed by atoms with Crippen molar-refractivity contribution in [2.24, 2.45) is 0 Å². The first-order chi connectivity index (χ1) is 33.7. The lowest BCUT2D eigenvalue weighted by molar-refractivity contribution is 0.649. The van der Waals surface area contributed by atoms with Crippen molar-refractivity contribution in [3.8, 4) is 44.5 Å². The number of allylic oxidation sites excluding steroid dienone is 4. The van der Waals surface area contributed by atoms with Crippen molar-refractivity contribution in [1.82, 2.24) is 4.57 Å². The molecule has 0 aliphatic heterocycles. The van der Waals surface area contributed by atoms with E-state index < -0.39 is 0 Å². The molecule has 0 amide bonds. The van der Waals surface area contributed by atoms with E-state index in [0.717, 1.165) is 23.5 Å². The molecule has 0 saturated carbocycles. The zero-order chi connectivity index (χ0) is 45.0.